The average molecular weight is 513 g/mol. The van der Waals surface area contributed by atoms with Crippen molar-refractivity contribution in [2.75, 3.05) is 31.8 Å². The summed E-state index contributed by atoms with van der Waals surface area (Å²) >= 11 is 1.56. The lowest BCUT2D eigenvalue weighted by atomic mass is 10.1. The van der Waals surface area contributed by atoms with Gasteiger partial charge in [-0.2, -0.15) is 0 Å². The third-order valence-electron chi connectivity index (χ3n) is 6.30. The maximum absolute atomic E-state index is 13.6. The van der Waals surface area contributed by atoms with Crippen LogP contribution in [0.5, 0.6) is 0 Å². The number of nitrogens with zero attached hydrogens (tertiary/aromatic N) is 4. The van der Waals surface area contributed by atoms with E-state index in [4.69, 9.17) is 4.74 Å². The van der Waals surface area contributed by atoms with Gasteiger partial charge in [-0.15, -0.1) is 11.8 Å². The molecule has 0 bridgehead atoms. The molecule has 1 aromatic carbocycles. The van der Waals surface area contributed by atoms with E-state index in [0.29, 0.717) is 25.1 Å². The normalized spacial score (nSPS) is 21.2. The zero-order valence-electron chi connectivity index (χ0n) is 20.0. The lowest BCUT2D eigenvalue weighted by Crippen LogP contribution is -2.51. The third-order valence-corrected chi connectivity index (χ3v) is 7.03. The number of thioether (sulfide) groups is 1. The van der Waals surface area contributed by atoms with Crippen LogP contribution >= 0.6 is 11.8 Å². The molecule has 1 aromatic heterocycles. The molecule has 190 valence electrons. The number of anilines is 1. The summed E-state index contributed by atoms with van der Waals surface area (Å²) < 4.78 is 4.87. The zero-order chi connectivity index (χ0) is 25.7. The number of methoxy groups -OCH3 is 1. The summed E-state index contributed by atoms with van der Waals surface area (Å²) in [5.74, 6) is -1.29. The van der Waals surface area contributed by atoms with E-state index in [1.165, 1.54) is 35.5 Å². The topological polar surface area (TPSA) is 134 Å². The van der Waals surface area contributed by atoms with Crippen molar-refractivity contribution in [3.8, 4) is 0 Å². The molecule has 4 rings (SSSR count). The Morgan fingerprint density at radius 1 is 1.14 bits per heavy atom. The molecule has 0 aliphatic carbocycles. The maximum Gasteiger partial charge on any atom is 0.328 e. The number of hydrogen-bond donors (Lipinski definition) is 2. The van der Waals surface area contributed by atoms with Gasteiger partial charge >= 0.3 is 12.0 Å². The fraction of sp³-hybridized carbons (Fsp3) is 0.417. The number of nitrogens with one attached hydrogen (secondary N) is 2. The zero-order valence-corrected chi connectivity index (χ0v) is 20.9. The molecule has 2 saturated heterocycles. The van der Waals surface area contributed by atoms with E-state index < -0.39 is 36.0 Å². The van der Waals surface area contributed by atoms with Crippen LogP contribution in [0.15, 0.2) is 47.8 Å². The number of carbonyl (C=O) groups is 4. The van der Waals surface area contributed by atoms with Gasteiger partial charge < -0.3 is 25.2 Å². The van der Waals surface area contributed by atoms with Crippen LogP contribution < -0.4 is 10.6 Å². The smallest absolute Gasteiger partial charge is 0.328 e. The summed E-state index contributed by atoms with van der Waals surface area (Å²) in [6.45, 7) is 0.507. The van der Waals surface area contributed by atoms with Crippen molar-refractivity contribution in [2.45, 2.75) is 42.3 Å². The minimum absolute atomic E-state index is 0.0974. The maximum atomic E-state index is 13.6. The van der Waals surface area contributed by atoms with Gasteiger partial charge in [0.1, 0.15) is 17.8 Å². The molecule has 3 atom stereocenters. The van der Waals surface area contributed by atoms with Gasteiger partial charge in [0.2, 0.25) is 5.91 Å². The van der Waals surface area contributed by atoms with Gasteiger partial charge in [0.15, 0.2) is 0 Å². The summed E-state index contributed by atoms with van der Waals surface area (Å²) in [4.78, 5) is 63.7. The van der Waals surface area contributed by atoms with Crippen LogP contribution in [0.25, 0.3) is 0 Å². The Morgan fingerprint density at radius 2 is 1.97 bits per heavy atom. The van der Waals surface area contributed by atoms with Crippen LogP contribution in [0.4, 0.5) is 10.5 Å². The average Bonchev–Trinajstić information content (AvgIpc) is 3.55. The minimum atomic E-state index is -0.866. The predicted molar refractivity (Wildman–Crippen MR) is 132 cm³/mol. The molecule has 2 aliphatic heterocycles. The van der Waals surface area contributed by atoms with Crippen LogP contribution in [0.1, 0.15) is 29.8 Å². The van der Waals surface area contributed by atoms with E-state index >= 15 is 0 Å². The molecule has 4 amide bonds. The van der Waals surface area contributed by atoms with Crippen molar-refractivity contribution < 1.29 is 23.9 Å². The lowest BCUT2D eigenvalue weighted by molar-refractivity contribution is -0.152. The molecule has 2 aromatic rings. The number of esters is 1. The van der Waals surface area contributed by atoms with Crippen molar-refractivity contribution in [3.63, 3.8) is 0 Å². The molecular formula is C24H28N6O5S. The Balaban J connectivity index is 1.51. The van der Waals surface area contributed by atoms with E-state index in [9.17, 15) is 19.2 Å². The van der Waals surface area contributed by atoms with Crippen molar-refractivity contribution in [3.05, 3.63) is 48.5 Å². The Kier molecular flexibility index (Phi) is 8.04. The molecule has 2 fully saturated rings. The first kappa shape index (κ1) is 25.4. The van der Waals surface area contributed by atoms with E-state index in [-0.39, 0.29) is 24.6 Å². The van der Waals surface area contributed by atoms with Gasteiger partial charge in [-0.3, -0.25) is 14.6 Å². The number of rotatable bonds is 6. The number of ether oxygens (including phenoxy) is 1. The molecule has 3 heterocycles. The first-order valence-electron chi connectivity index (χ1n) is 11.6. The Labute approximate surface area is 213 Å². The van der Waals surface area contributed by atoms with E-state index in [1.807, 2.05) is 24.5 Å². The molecule has 0 spiro atoms. The number of carbonyl (C=O) groups excluding carboxylic acids is 4. The van der Waals surface area contributed by atoms with E-state index in [1.54, 1.807) is 17.8 Å². The molecule has 12 heteroatoms. The summed E-state index contributed by atoms with van der Waals surface area (Å²) in [5, 5.41) is 5.67. The second-order valence-corrected chi connectivity index (χ2v) is 9.42. The summed E-state index contributed by atoms with van der Waals surface area (Å²) in [6, 6.07) is 4.96. The number of likely N-dealkylation sites (tertiary alicyclic amines) is 2. The molecular weight excluding hydrogens is 484 g/mol. The first-order valence-corrected chi connectivity index (χ1v) is 12.8. The van der Waals surface area contributed by atoms with E-state index in [2.05, 4.69) is 20.6 Å². The Hall–Kier alpha value is -3.67. The summed E-state index contributed by atoms with van der Waals surface area (Å²) in [5.41, 5.74) is 0.732. The van der Waals surface area contributed by atoms with Crippen LogP contribution in [0.2, 0.25) is 0 Å². The minimum Gasteiger partial charge on any atom is -0.467 e. The van der Waals surface area contributed by atoms with Crippen molar-refractivity contribution in [1.82, 2.24) is 25.1 Å². The van der Waals surface area contributed by atoms with Crippen LogP contribution in [0.3, 0.4) is 0 Å². The van der Waals surface area contributed by atoms with Crippen molar-refractivity contribution in [1.29, 1.82) is 0 Å². The third kappa shape index (κ3) is 5.59. The lowest BCUT2D eigenvalue weighted by Gasteiger charge is -2.30. The quantitative estimate of drug-likeness (QED) is 0.442. The molecule has 36 heavy (non-hydrogen) atoms. The van der Waals surface area contributed by atoms with Crippen molar-refractivity contribution >= 4 is 41.3 Å². The number of urea groups is 1. The van der Waals surface area contributed by atoms with Crippen LogP contribution in [-0.2, 0) is 14.3 Å². The molecule has 2 aliphatic rings. The molecule has 11 nitrogen and oxygen atoms in total. The van der Waals surface area contributed by atoms with E-state index in [0.717, 1.165) is 4.90 Å². The Morgan fingerprint density at radius 3 is 2.69 bits per heavy atom. The molecule has 0 radical (unpaired) electrons. The van der Waals surface area contributed by atoms with Gasteiger partial charge in [-0.1, -0.05) is 6.07 Å². The molecule has 0 saturated carbocycles. The fourth-order valence-electron chi connectivity index (χ4n) is 4.61. The summed E-state index contributed by atoms with van der Waals surface area (Å²) in [6.07, 6.45) is 7.51. The van der Waals surface area contributed by atoms with Gasteiger partial charge in [0.05, 0.1) is 19.3 Å². The number of hydrogen-bond acceptors (Lipinski definition) is 8. The van der Waals surface area contributed by atoms with Crippen LogP contribution in [0, 0.1) is 0 Å². The summed E-state index contributed by atoms with van der Waals surface area (Å²) in [7, 11) is 1.29. The number of amides is 4. The highest BCUT2D eigenvalue weighted by Gasteiger charge is 2.46. The second-order valence-electron chi connectivity index (χ2n) is 8.54. The molecule has 0 unspecified atom stereocenters. The fourth-order valence-corrected chi connectivity index (χ4v) is 5.07. The largest absolute Gasteiger partial charge is 0.467 e. The Bertz CT molecular complexity index is 1130. The van der Waals surface area contributed by atoms with Gasteiger partial charge in [0, 0.05) is 36.1 Å². The van der Waals surface area contributed by atoms with Crippen molar-refractivity contribution in [2.24, 2.45) is 0 Å². The van der Waals surface area contributed by atoms with Gasteiger partial charge in [-0.05, 0) is 43.7 Å². The standard InChI is InChI=1S/C24H28N6O5S/c1-35-23(33)19-7-4-10-29(19)22(32)20-12-16(14-30(20)21(31)18-13-25-8-9-26-18)28-24(34)27-15-5-3-6-17(11-15)36-2/h3,5-6,8-9,11,13,16,19-20H,4,7,10,12,14H2,1-2H3,(H2,27,28,34)/t16-,19+,20-/m0/s1. The SMILES string of the molecule is COC(=O)[C@H]1CCCN1C(=O)[C@@H]1C[C@H](NC(=O)Nc2cccc(SC)c2)CN1C(=O)c1cnccn1. The predicted octanol–water partition coefficient (Wildman–Crippen LogP) is 1.77. The highest BCUT2D eigenvalue weighted by Crippen LogP contribution is 2.27. The highest BCUT2D eigenvalue weighted by molar-refractivity contribution is 7.98. The first-order chi connectivity index (χ1) is 17.4. The monoisotopic (exact) mass is 512 g/mol. The van der Waals surface area contributed by atoms with Crippen LogP contribution in [-0.4, -0.2) is 88.2 Å². The molecule has 2 N–H and O–H groups in total. The van der Waals surface area contributed by atoms with Gasteiger partial charge in [0.25, 0.3) is 5.91 Å². The second kappa shape index (κ2) is 11.4. The van der Waals surface area contributed by atoms with Gasteiger partial charge in [-0.25, -0.2) is 14.6 Å². The number of aromatic nitrogens is 2. The highest BCUT2D eigenvalue weighted by atomic mass is 32.2. The number of benzene rings is 1.